The maximum atomic E-state index is 13.1. The third-order valence-electron chi connectivity index (χ3n) is 5.86. The molecule has 0 unspecified atom stereocenters. The second-order valence-corrected chi connectivity index (χ2v) is 9.62. The number of hydrogen-bond acceptors (Lipinski definition) is 8. The molecule has 3 rings (SSSR count). The van der Waals surface area contributed by atoms with Gasteiger partial charge in [0.25, 0.3) is 5.91 Å². The number of hydrogen-bond donors (Lipinski definition) is 3. The van der Waals surface area contributed by atoms with Crippen molar-refractivity contribution in [2.45, 2.75) is 38.6 Å². The van der Waals surface area contributed by atoms with Gasteiger partial charge in [-0.15, -0.1) is 11.3 Å². The number of aliphatic carboxylic acids is 1. The smallest absolute Gasteiger partial charge is 0.409 e. The van der Waals surface area contributed by atoms with Crippen LogP contribution in [0, 0.1) is 0 Å². The number of aliphatic hydroxyl groups is 1. The minimum Gasteiger partial charge on any atom is -0.481 e. The van der Waals surface area contributed by atoms with Gasteiger partial charge in [-0.1, -0.05) is 43.7 Å². The molecular weight excluding hydrogens is 500 g/mol. The van der Waals surface area contributed by atoms with Gasteiger partial charge in [0.2, 0.25) is 5.91 Å². The van der Waals surface area contributed by atoms with E-state index in [1.807, 2.05) is 37.3 Å². The topological polar surface area (TPSA) is 149 Å². The van der Waals surface area contributed by atoms with Gasteiger partial charge in [-0.2, -0.15) is 0 Å². The summed E-state index contributed by atoms with van der Waals surface area (Å²) in [5, 5.41) is 22.1. The summed E-state index contributed by atoms with van der Waals surface area (Å²) in [6.07, 6.45) is 1.21. The van der Waals surface area contributed by atoms with Crippen molar-refractivity contribution in [3.8, 4) is 10.6 Å². The minimum absolute atomic E-state index is 0.0380. The van der Waals surface area contributed by atoms with E-state index in [0.717, 1.165) is 18.4 Å². The zero-order chi connectivity index (χ0) is 26.8. The molecule has 1 saturated heterocycles. The third-order valence-corrected chi connectivity index (χ3v) is 7.02. The van der Waals surface area contributed by atoms with Gasteiger partial charge in [0, 0.05) is 36.6 Å². The fraction of sp³-hybridized carbons (Fsp3) is 0.480. The monoisotopic (exact) mass is 532 g/mol. The van der Waals surface area contributed by atoms with E-state index in [4.69, 9.17) is 9.84 Å². The molecule has 1 aliphatic rings. The SMILES string of the molecule is CCCCOC(=O)N1CCN(C(=O)[C@H](CO)NC(=O)c2nc(-c3ccccc3)sc2CCC(=O)O)CC1. The summed E-state index contributed by atoms with van der Waals surface area (Å²) in [6.45, 7) is 2.79. The van der Waals surface area contributed by atoms with Crippen molar-refractivity contribution in [2.75, 3.05) is 39.4 Å². The van der Waals surface area contributed by atoms with Crippen LogP contribution in [0.15, 0.2) is 30.3 Å². The van der Waals surface area contributed by atoms with Gasteiger partial charge in [0.05, 0.1) is 19.6 Å². The summed E-state index contributed by atoms with van der Waals surface area (Å²) in [7, 11) is 0. The van der Waals surface area contributed by atoms with E-state index in [1.54, 1.807) is 0 Å². The van der Waals surface area contributed by atoms with E-state index in [0.29, 0.717) is 16.5 Å². The van der Waals surface area contributed by atoms with Crippen LogP contribution < -0.4 is 5.32 Å². The normalized spacial score (nSPS) is 14.2. The van der Waals surface area contributed by atoms with Crippen molar-refractivity contribution in [1.29, 1.82) is 0 Å². The zero-order valence-electron chi connectivity index (χ0n) is 20.7. The van der Waals surface area contributed by atoms with Gasteiger partial charge < -0.3 is 30.1 Å². The number of rotatable bonds is 11. The molecule has 0 radical (unpaired) electrons. The molecule has 1 fully saturated rings. The molecule has 0 aliphatic carbocycles. The van der Waals surface area contributed by atoms with Crippen LogP contribution >= 0.6 is 11.3 Å². The number of aliphatic hydroxyl groups excluding tert-OH is 1. The quantitative estimate of drug-likeness (QED) is 0.372. The number of thiazole rings is 1. The number of benzene rings is 1. The second-order valence-electron chi connectivity index (χ2n) is 8.54. The van der Waals surface area contributed by atoms with E-state index in [2.05, 4.69) is 10.3 Å². The van der Waals surface area contributed by atoms with Gasteiger partial charge in [-0.05, 0) is 12.8 Å². The van der Waals surface area contributed by atoms with Crippen LogP contribution in [0.3, 0.4) is 0 Å². The predicted octanol–water partition coefficient (Wildman–Crippen LogP) is 2.00. The Hall–Kier alpha value is -3.51. The number of aromatic nitrogens is 1. The Morgan fingerprint density at radius 3 is 2.41 bits per heavy atom. The lowest BCUT2D eigenvalue weighted by molar-refractivity contribution is -0.137. The summed E-state index contributed by atoms with van der Waals surface area (Å²) in [4.78, 5) is 57.3. The van der Waals surface area contributed by atoms with Crippen LogP contribution in [0.1, 0.15) is 41.6 Å². The van der Waals surface area contributed by atoms with Crippen LogP contribution in [0.25, 0.3) is 10.6 Å². The number of ether oxygens (including phenoxy) is 1. The fourth-order valence-electron chi connectivity index (χ4n) is 3.76. The molecule has 2 aromatic rings. The molecule has 0 bridgehead atoms. The highest BCUT2D eigenvalue weighted by atomic mass is 32.1. The molecule has 1 aromatic heterocycles. The van der Waals surface area contributed by atoms with E-state index in [-0.39, 0.29) is 44.7 Å². The molecule has 1 aromatic carbocycles. The molecule has 0 spiro atoms. The van der Waals surface area contributed by atoms with E-state index in [9.17, 15) is 24.3 Å². The Kier molecular flexibility index (Phi) is 10.4. The number of carbonyl (C=O) groups excluding carboxylic acids is 3. The van der Waals surface area contributed by atoms with Crippen LogP contribution in [-0.2, 0) is 20.7 Å². The maximum absolute atomic E-state index is 13.1. The van der Waals surface area contributed by atoms with Crippen molar-refractivity contribution in [3.63, 3.8) is 0 Å². The zero-order valence-corrected chi connectivity index (χ0v) is 21.5. The minimum atomic E-state index is -1.20. The van der Waals surface area contributed by atoms with Crippen LogP contribution in [0.5, 0.6) is 0 Å². The van der Waals surface area contributed by atoms with Crippen molar-refractivity contribution in [2.24, 2.45) is 0 Å². The average molecular weight is 533 g/mol. The van der Waals surface area contributed by atoms with Crippen molar-refractivity contribution in [3.05, 3.63) is 40.9 Å². The van der Waals surface area contributed by atoms with E-state index < -0.39 is 36.5 Å². The molecule has 0 saturated carbocycles. The number of carboxylic acid groups (broad SMARTS) is 1. The molecule has 12 heteroatoms. The van der Waals surface area contributed by atoms with Gasteiger partial charge in [-0.3, -0.25) is 14.4 Å². The molecule has 1 atom stereocenters. The highest BCUT2D eigenvalue weighted by Gasteiger charge is 2.31. The number of amides is 3. The Bertz CT molecular complexity index is 1080. The lowest BCUT2D eigenvalue weighted by Crippen LogP contribution is -2.57. The average Bonchev–Trinajstić information content (AvgIpc) is 3.35. The first-order chi connectivity index (χ1) is 17.8. The summed E-state index contributed by atoms with van der Waals surface area (Å²) >= 11 is 1.22. The number of unbranched alkanes of at least 4 members (excludes halogenated alkanes) is 1. The first-order valence-corrected chi connectivity index (χ1v) is 13.0. The standard InChI is InChI=1S/C25H32N4O7S/c1-2-3-15-36-25(35)29-13-11-28(12-14-29)24(34)18(16-30)26-22(33)21-19(9-10-20(31)32)37-23(27-21)17-7-5-4-6-8-17/h4-8,18,30H,2-3,9-16H2,1H3,(H,26,33)(H,31,32)/t18-/m0/s1. The van der Waals surface area contributed by atoms with Crippen molar-refractivity contribution >= 4 is 35.2 Å². The predicted molar refractivity (Wildman–Crippen MR) is 136 cm³/mol. The van der Waals surface area contributed by atoms with Crippen molar-refractivity contribution in [1.82, 2.24) is 20.1 Å². The Morgan fingerprint density at radius 1 is 1.11 bits per heavy atom. The molecule has 1 aliphatic heterocycles. The number of nitrogens with zero attached hydrogens (tertiary/aromatic N) is 3. The number of piperazine rings is 1. The van der Waals surface area contributed by atoms with Gasteiger partial charge in [0.1, 0.15) is 16.7 Å². The highest BCUT2D eigenvalue weighted by Crippen LogP contribution is 2.29. The van der Waals surface area contributed by atoms with Crippen LogP contribution in [-0.4, -0.2) is 94.3 Å². The van der Waals surface area contributed by atoms with Crippen molar-refractivity contribution < 1.29 is 34.1 Å². The number of carbonyl (C=O) groups is 4. The summed E-state index contributed by atoms with van der Waals surface area (Å²) < 4.78 is 5.21. The summed E-state index contributed by atoms with van der Waals surface area (Å²) in [6, 6.07) is 7.98. The molecule has 3 N–H and O–H groups in total. The largest absolute Gasteiger partial charge is 0.481 e. The third kappa shape index (κ3) is 7.73. The molecule has 2 heterocycles. The maximum Gasteiger partial charge on any atom is 0.409 e. The summed E-state index contributed by atoms with van der Waals surface area (Å²) in [5.41, 5.74) is 0.819. The molecule has 37 heavy (non-hydrogen) atoms. The molecule has 3 amide bonds. The summed E-state index contributed by atoms with van der Waals surface area (Å²) in [5.74, 6) is -2.14. The number of carboxylic acids is 1. The van der Waals surface area contributed by atoms with Gasteiger partial charge in [0.15, 0.2) is 0 Å². The lowest BCUT2D eigenvalue weighted by atomic mass is 10.2. The number of aryl methyl sites for hydroxylation is 1. The van der Waals surface area contributed by atoms with E-state index in [1.165, 1.54) is 21.1 Å². The molecule has 11 nitrogen and oxygen atoms in total. The highest BCUT2D eigenvalue weighted by molar-refractivity contribution is 7.15. The van der Waals surface area contributed by atoms with Crippen LogP contribution in [0.4, 0.5) is 4.79 Å². The Balaban J connectivity index is 1.65. The van der Waals surface area contributed by atoms with Gasteiger partial charge in [-0.25, -0.2) is 9.78 Å². The Morgan fingerprint density at radius 2 is 1.78 bits per heavy atom. The van der Waals surface area contributed by atoms with E-state index >= 15 is 0 Å². The molecular formula is C25H32N4O7S. The second kappa shape index (κ2) is 13.7. The lowest BCUT2D eigenvalue weighted by Gasteiger charge is -2.35. The molecule has 200 valence electrons. The first kappa shape index (κ1) is 28.1. The number of nitrogens with one attached hydrogen (secondary N) is 1. The fourth-order valence-corrected chi connectivity index (χ4v) is 4.82. The van der Waals surface area contributed by atoms with Gasteiger partial charge >= 0.3 is 12.1 Å². The first-order valence-electron chi connectivity index (χ1n) is 12.2. The van der Waals surface area contributed by atoms with Crippen LogP contribution in [0.2, 0.25) is 0 Å². The Labute approximate surface area is 219 Å².